The molecule has 0 bridgehead atoms. The Hall–Kier alpha value is -0.222. The predicted octanol–water partition coefficient (Wildman–Crippen LogP) is -1.05. The van der Waals surface area contributed by atoms with Crippen LogP contribution in [0.2, 0.25) is 17.1 Å². The minimum Gasteiger partial charge on any atom is -1.00 e. The number of ether oxygens (including phenoxy) is 1. The molecule has 1 amide bonds. The van der Waals surface area contributed by atoms with Gasteiger partial charge in [0, 0.05) is 0 Å². The molecule has 0 saturated heterocycles. The zero-order valence-corrected chi connectivity index (χ0v) is 14.0. The Kier molecular flexibility index (Phi) is 6.41. The number of hydrogen-bond donors (Lipinski definition) is 1. The van der Waals surface area contributed by atoms with Crippen molar-refractivity contribution in [3.05, 3.63) is 24.3 Å². The van der Waals surface area contributed by atoms with Gasteiger partial charge >= 0.3 is 93.0 Å². The van der Waals surface area contributed by atoms with Crippen LogP contribution in [0.3, 0.4) is 0 Å². The second-order valence-electron chi connectivity index (χ2n) is 4.15. The third-order valence-corrected chi connectivity index (χ3v) is 5.84. The average Bonchev–Trinajstić information content (AvgIpc) is 2.17. The van der Waals surface area contributed by atoms with Crippen LogP contribution >= 0.6 is 0 Å². The summed E-state index contributed by atoms with van der Waals surface area (Å²) in [5, 5.41) is 2.42. The van der Waals surface area contributed by atoms with E-state index in [0.29, 0.717) is 5.75 Å². The van der Waals surface area contributed by atoms with Crippen molar-refractivity contribution in [2.75, 3.05) is 7.05 Å². The van der Waals surface area contributed by atoms with Gasteiger partial charge in [-0.05, 0) is 0 Å². The molecular formula is C11H17AsINO2. The van der Waals surface area contributed by atoms with Gasteiger partial charge in [-0.25, -0.2) is 0 Å². The normalized spacial score (nSPS) is 10.2. The number of carbonyl (C=O) groups excluding carboxylic acids is 1. The van der Waals surface area contributed by atoms with E-state index in [1.807, 2.05) is 12.1 Å². The van der Waals surface area contributed by atoms with Gasteiger partial charge in [0.05, 0.1) is 0 Å². The van der Waals surface area contributed by atoms with Crippen LogP contribution in [0.4, 0.5) is 4.79 Å². The summed E-state index contributed by atoms with van der Waals surface area (Å²) in [7, 11) is 1.55. The Morgan fingerprint density at radius 2 is 1.94 bits per heavy atom. The van der Waals surface area contributed by atoms with Crippen LogP contribution < -0.4 is 38.4 Å². The van der Waals surface area contributed by atoms with E-state index in [1.165, 1.54) is 4.35 Å². The van der Waals surface area contributed by atoms with Crippen LogP contribution in [0.5, 0.6) is 5.75 Å². The number of hydrogen-bond acceptors (Lipinski definition) is 2. The second kappa shape index (κ2) is 6.50. The van der Waals surface area contributed by atoms with Crippen molar-refractivity contribution in [1.82, 2.24) is 5.32 Å². The van der Waals surface area contributed by atoms with Crippen molar-refractivity contribution in [1.29, 1.82) is 0 Å². The van der Waals surface area contributed by atoms with Crippen LogP contribution in [-0.4, -0.2) is 26.7 Å². The van der Waals surface area contributed by atoms with E-state index in [0.717, 1.165) is 0 Å². The summed E-state index contributed by atoms with van der Waals surface area (Å²) in [5.41, 5.74) is 6.87. The van der Waals surface area contributed by atoms with Gasteiger partial charge in [-0.2, -0.15) is 0 Å². The first-order valence-corrected chi connectivity index (χ1v) is 11.3. The standard InChI is InChI=1S/C11H16AsNO2.HI/c1-12(2,3)9-6-5-7-10(8-9)15-11(14)13-4;/h5-8H,1-4H3;1H. The maximum absolute atomic E-state index is 11.0. The molecule has 0 heterocycles. The molecule has 1 aromatic rings. The van der Waals surface area contributed by atoms with Crippen molar-refractivity contribution in [2.45, 2.75) is 17.1 Å². The van der Waals surface area contributed by atoms with Gasteiger partial charge in [-0.1, -0.05) is 0 Å². The fourth-order valence-electron chi connectivity index (χ4n) is 1.12. The van der Waals surface area contributed by atoms with Gasteiger partial charge in [0.1, 0.15) is 0 Å². The number of halogens is 1. The van der Waals surface area contributed by atoms with Crippen molar-refractivity contribution in [3.8, 4) is 5.75 Å². The number of rotatable bonds is 2. The van der Waals surface area contributed by atoms with E-state index in [1.54, 1.807) is 13.1 Å². The van der Waals surface area contributed by atoms with Gasteiger partial charge in [0.25, 0.3) is 0 Å². The molecule has 1 N–H and O–H groups in total. The molecule has 0 radical (unpaired) electrons. The van der Waals surface area contributed by atoms with Gasteiger partial charge in [-0.15, -0.1) is 0 Å². The summed E-state index contributed by atoms with van der Waals surface area (Å²) in [6.07, 6.45) is -0.424. The molecule has 0 aliphatic heterocycles. The van der Waals surface area contributed by atoms with E-state index in [2.05, 4.69) is 28.5 Å². The smallest absolute Gasteiger partial charge is 1.00 e. The Morgan fingerprint density at radius 1 is 1.31 bits per heavy atom. The van der Waals surface area contributed by atoms with Crippen LogP contribution in [0.1, 0.15) is 0 Å². The first kappa shape index (κ1) is 15.8. The summed E-state index contributed by atoms with van der Waals surface area (Å²) in [6, 6.07) is 7.79. The zero-order valence-electron chi connectivity index (χ0n) is 9.95. The first-order valence-electron chi connectivity index (χ1n) is 4.75. The minimum absolute atomic E-state index is 0. The molecule has 16 heavy (non-hydrogen) atoms. The van der Waals surface area contributed by atoms with E-state index < -0.39 is 19.6 Å². The number of benzene rings is 1. The van der Waals surface area contributed by atoms with Crippen molar-refractivity contribution < 1.29 is 33.5 Å². The SMILES string of the molecule is CNC(=O)Oc1cccc([As+](C)(C)C)c1.[I-]. The summed E-state index contributed by atoms with van der Waals surface area (Å²) < 4.78 is 6.39. The molecule has 0 spiro atoms. The summed E-state index contributed by atoms with van der Waals surface area (Å²) in [5.74, 6) is 0.614. The number of nitrogens with one attached hydrogen (secondary N) is 1. The van der Waals surface area contributed by atoms with Gasteiger partial charge < -0.3 is 24.0 Å². The van der Waals surface area contributed by atoms with Crippen LogP contribution in [-0.2, 0) is 0 Å². The monoisotopic (exact) mass is 397 g/mol. The molecule has 0 unspecified atom stereocenters. The molecule has 0 aromatic heterocycles. The van der Waals surface area contributed by atoms with E-state index in [4.69, 9.17) is 4.74 Å². The quantitative estimate of drug-likeness (QED) is 0.512. The molecule has 0 atom stereocenters. The van der Waals surface area contributed by atoms with Gasteiger partial charge in [-0.3, -0.25) is 0 Å². The Bertz CT molecular complexity index is 363. The average molecular weight is 397 g/mol. The molecule has 1 aromatic carbocycles. The van der Waals surface area contributed by atoms with Crippen molar-refractivity contribution in [2.24, 2.45) is 0 Å². The molecule has 0 fully saturated rings. The maximum Gasteiger partial charge on any atom is -1.00 e. The molecule has 5 heteroatoms. The van der Waals surface area contributed by atoms with Gasteiger partial charge in [0.2, 0.25) is 0 Å². The molecule has 90 valence electrons. The van der Waals surface area contributed by atoms with Crippen molar-refractivity contribution >= 4 is 24.0 Å². The van der Waals surface area contributed by atoms with E-state index in [-0.39, 0.29) is 24.0 Å². The van der Waals surface area contributed by atoms with Crippen LogP contribution in [0.15, 0.2) is 24.3 Å². The third kappa shape index (κ3) is 4.74. The third-order valence-electron chi connectivity index (χ3n) is 2.01. The summed E-state index contributed by atoms with van der Waals surface area (Å²) in [6.45, 7) is 0. The Morgan fingerprint density at radius 3 is 2.44 bits per heavy atom. The molecule has 1 rings (SSSR count). The van der Waals surface area contributed by atoms with E-state index in [9.17, 15) is 4.79 Å². The summed E-state index contributed by atoms with van der Waals surface area (Å²) >= 11 is -1.67. The fraction of sp³-hybridized carbons (Fsp3) is 0.364. The molecule has 0 aliphatic rings. The zero-order chi connectivity index (χ0) is 11.5. The summed E-state index contributed by atoms with van der Waals surface area (Å²) in [4.78, 5) is 11.0. The number of amides is 1. The van der Waals surface area contributed by atoms with Crippen LogP contribution in [0.25, 0.3) is 0 Å². The minimum atomic E-state index is -1.67. The Labute approximate surface area is 116 Å². The number of carbonyl (C=O) groups is 1. The Balaban J connectivity index is 0.00000225. The van der Waals surface area contributed by atoms with E-state index >= 15 is 0 Å². The molecular weight excluding hydrogens is 380 g/mol. The maximum atomic E-state index is 11.0. The fourth-order valence-corrected chi connectivity index (χ4v) is 3.32. The molecule has 3 nitrogen and oxygen atoms in total. The predicted molar refractivity (Wildman–Crippen MR) is 64.5 cm³/mol. The van der Waals surface area contributed by atoms with Gasteiger partial charge in [0.15, 0.2) is 0 Å². The van der Waals surface area contributed by atoms with Crippen molar-refractivity contribution in [3.63, 3.8) is 0 Å². The molecule has 0 saturated carbocycles. The molecule has 0 aliphatic carbocycles. The second-order valence-corrected chi connectivity index (χ2v) is 13.7. The van der Waals surface area contributed by atoms with Crippen LogP contribution in [0, 0.1) is 0 Å². The largest absolute Gasteiger partial charge is 1.00 e. The topological polar surface area (TPSA) is 38.3 Å². The first-order chi connectivity index (χ1) is 6.93.